The summed E-state index contributed by atoms with van der Waals surface area (Å²) in [4.78, 5) is 6.85. The van der Waals surface area contributed by atoms with E-state index >= 15 is 0 Å². The third-order valence-electron chi connectivity index (χ3n) is 6.41. The molecule has 10 heteroatoms. The maximum Gasteiger partial charge on any atom is 0.163 e. The molecule has 1 N–H and O–H groups in total. The summed E-state index contributed by atoms with van der Waals surface area (Å²) in [6.45, 7) is 3.50. The second-order valence-electron chi connectivity index (χ2n) is 8.97. The van der Waals surface area contributed by atoms with Gasteiger partial charge in [0, 0.05) is 30.8 Å². The zero-order chi connectivity index (χ0) is 26.4. The van der Waals surface area contributed by atoms with Gasteiger partial charge in [0.2, 0.25) is 0 Å². The van der Waals surface area contributed by atoms with Gasteiger partial charge in [-0.3, -0.25) is 4.98 Å². The first-order valence-electron chi connectivity index (χ1n) is 12.0. The van der Waals surface area contributed by atoms with Crippen LogP contribution in [0.1, 0.15) is 18.4 Å². The minimum absolute atomic E-state index is 0.348. The van der Waals surface area contributed by atoms with Crippen LogP contribution in [0.15, 0.2) is 30.5 Å². The Balaban J connectivity index is 1.72. The monoisotopic (exact) mass is 544 g/mol. The van der Waals surface area contributed by atoms with Crippen molar-refractivity contribution < 1.29 is 18.9 Å². The van der Waals surface area contributed by atoms with Gasteiger partial charge in [0.05, 0.1) is 52.8 Å². The molecule has 2 aromatic carbocycles. The summed E-state index contributed by atoms with van der Waals surface area (Å²) < 4.78 is 22.8. The summed E-state index contributed by atoms with van der Waals surface area (Å²) in [6.07, 6.45) is 3.71. The average molecular weight is 545 g/mol. The molecule has 0 amide bonds. The molecule has 1 aliphatic rings. The Labute approximate surface area is 227 Å². The first-order valence-corrected chi connectivity index (χ1v) is 12.8. The van der Waals surface area contributed by atoms with Crippen molar-refractivity contribution in [2.45, 2.75) is 12.8 Å². The summed E-state index contributed by atoms with van der Waals surface area (Å²) in [5.41, 5.74) is 2.07. The smallest absolute Gasteiger partial charge is 0.163 e. The Morgan fingerprint density at radius 2 is 1.78 bits per heavy atom. The van der Waals surface area contributed by atoms with Gasteiger partial charge in [-0.05, 0) is 51.0 Å². The van der Waals surface area contributed by atoms with E-state index in [-0.39, 0.29) is 0 Å². The molecule has 3 aromatic rings. The Hall–Kier alpha value is -2.96. The number of halogens is 2. The van der Waals surface area contributed by atoms with Crippen LogP contribution < -0.4 is 19.5 Å². The lowest BCUT2D eigenvalue weighted by Gasteiger charge is -2.29. The highest BCUT2D eigenvalue weighted by atomic mass is 35.5. The van der Waals surface area contributed by atoms with E-state index in [2.05, 4.69) is 28.3 Å². The van der Waals surface area contributed by atoms with Gasteiger partial charge in [-0.15, -0.1) is 0 Å². The van der Waals surface area contributed by atoms with Crippen LogP contribution in [0.2, 0.25) is 10.0 Å². The predicted octanol–water partition coefficient (Wildman–Crippen LogP) is 5.91. The van der Waals surface area contributed by atoms with Gasteiger partial charge >= 0.3 is 0 Å². The molecule has 1 aliphatic heterocycles. The van der Waals surface area contributed by atoms with Gasteiger partial charge in [-0.25, -0.2) is 0 Å². The Kier molecular flexibility index (Phi) is 9.17. The Morgan fingerprint density at radius 1 is 1.03 bits per heavy atom. The van der Waals surface area contributed by atoms with Crippen LogP contribution in [0, 0.1) is 17.2 Å². The number of nitriles is 1. The lowest BCUT2D eigenvalue weighted by Crippen LogP contribution is -2.32. The number of rotatable bonds is 10. The highest BCUT2D eigenvalue weighted by Gasteiger charge is 2.20. The molecule has 2 heterocycles. The Bertz CT molecular complexity index is 1290. The van der Waals surface area contributed by atoms with Gasteiger partial charge in [0.25, 0.3) is 0 Å². The van der Waals surface area contributed by atoms with Gasteiger partial charge in [0.15, 0.2) is 11.5 Å². The molecule has 8 nitrogen and oxygen atoms in total. The van der Waals surface area contributed by atoms with Crippen molar-refractivity contribution in [3.05, 3.63) is 46.1 Å². The van der Waals surface area contributed by atoms with E-state index in [1.165, 1.54) is 13.3 Å². The summed E-state index contributed by atoms with van der Waals surface area (Å²) in [7, 11) is 5.29. The highest BCUT2D eigenvalue weighted by Crippen LogP contribution is 2.40. The van der Waals surface area contributed by atoms with E-state index < -0.39 is 0 Å². The van der Waals surface area contributed by atoms with Crippen molar-refractivity contribution in [3.63, 3.8) is 0 Å². The third-order valence-corrected chi connectivity index (χ3v) is 7.02. The van der Waals surface area contributed by atoms with Crippen LogP contribution >= 0.6 is 23.2 Å². The number of aromatic nitrogens is 1. The fourth-order valence-corrected chi connectivity index (χ4v) is 4.74. The number of anilines is 2. The number of ether oxygens (including phenoxy) is 4. The number of piperidine rings is 1. The fourth-order valence-electron chi connectivity index (χ4n) is 4.23. The highest BCUT2D eigenvalue weighted by molar-refractivity contribution is 6.37. The van der Waals surface area contributed by atoms with Crippen LogP contribution in [0.25, 0.3) is 10.9 Å². The van der Waals surface area contributed by atoms with Crippen molar-refractivity contribution in [3.8, 4) is 23.3 Å². The topological polar surface area (TPSA) is 88.9 Å². The van der Waals surface area contributed by atoms with E-state index in [1.54, 1.807) is 19.2 Å². The fraction of sp³-hybridized carbons (Fsp3) is 0.407. The second kappa shape index (κ2) is 12.5. The lowest BCUT2D eigenvalue weighted by atomic mass is 9.98. The first-order chi connectivity index (χ1) is 17.9. The van der Waals surface area contributed by atoms with Crippen LogP contribution in [0.5, 0.6) is 17.2 Å². The molecule has 0 bridgehead atoms. The molecule has 0 saturated carbocycles. The van der Waals surface area contributed by atoms with Crippen LogP contribution in [0.4, 0.5) is 11.4 Å². The number of benzene rings is 2. The van der Waals surface area contributed by atoms with E-state index in [4.69, 9.17) is 42.1 Å². The number of methoxy groups -OCH3 is 2. The summed E-state index contributed by atoms with van der Waals surface area (Å²) >= 11 is 12.7. The number of nitrogens with one attached hydrogen (secondary N) is 1. The molecular weight excluding hydrogens is 515 g/mol. The summed E-state index contributed by atoms with van der Waals surface area (Å²) in [5, 5.41) is 14.6. The number of hydrogen-bond donors (Lipinski definition) is 1. The van der Waals surface area contributed by atoms with Crippen molar-refractivity contribution in [1.29, 1.82) is 5.26 Å². The van der Waals surface area contributed by atoms with E-state index in [0.29, 0.717) is 80.9 Å². The van der Waals surface area contributed by atoms with Gasteiger partial charge in [0.1, 0.15) is 18.4 Å². The van der Waals surface area contributed by atoms with E-state index in [9.17, 15) is 5.26 Å². The summed E-state index contributed by atoms with van der Waals surface area (Å²) in [5.74, 6) is 2.10. The van der Waals surface area contributed by atoms with Crippen LogP contribution in [-0.4, -0.2) is 64.1 Å². The average Bonchev–Trinajstić information content (AvgIpc) is 2.90. The van der Waals surface area contributed by atoms with E-state index in [1.807, 2.05) is 12.1 Å². The molecule has 4 rings (SSSR count). The van der Waals surface area contributed by atoms with Gasteiger partial charge in [-0.1, -0.05) is 23.2 Å². The Morgan fingerprint density at radius 3 is 2.49 bits per heavy atom. The number of fused-ring (bicyclic) bond motifs is 1. The largest absolute Gasteiger partial charge is 0.495 e. The molecule has 1 fully saturated rings. The van der Waals surface area contributed by atoms with Crippen molar-refractivity contribution in [2.75, 3.05) is 59.5 Å². The van der Waals surface area contributed by atoms with Crippen molar-refractivity contribution in [2.24, 2.45) is 5.92 Å². The van der Waals surface area contributed by atoms with Crippen LogP contribution in [0.3, 0.4) is 0 Å². The molecule has 196 valence electrons. The molecule has 0 aliphatic carbocycles. The maximum atomic E-state index is 9.83. The number of nitrogens with zero attached hydrogens (tertiary/aromatic N) is 3. The maximum absolute atomic E-state index is 9.83. The first kappa shape index (κ1) is 27.1. The van der Waals surface area contributed by atoms with Crippen molar-refractivity contribution >= 4 is 45.5 Å². The minimum Gasteiger partial charge on any atom is -0.495 e. The molecule has 0 spiro atoms. The summed E-state index contributed by atoms with van der Waals surface area (Å²) in [6, 6.07) is 9.17. The van der Waals surface area contributed by atoms with E-state index in [0.717, 1.165) is 25.9 Å². The number of hydrogen-bond acceptors (Lipinski definition) is 8. The third kappa shape index (κ3) is 6.49. The molecule has 1 saturated heterocycles. The number of likely N-dealkylation sites (tertiary alicyclic amines) is 1. The van der Waals surface area contributed by atoms with Crippen LogP contribution in [-0.2, 0) is 4.74 Å². The van der Waals surface area contributed by atoms with Crippen molar-refractivity contribution in [1.82, 2.24) is 9.88 Å². The molecular formula is C27H30Cl2N4O4. The number of pyridine rings is 1. The quantitative estimate of drug-likeness (QED) is 0.315. The van der Waals surface area contributed by atoms with Gasteiger partial charge in [-0.2, -0.15) is 5.26 Å². The molecule has 0 atom stereocenters. The minimum atomic E-state index is 0.348. The predicted molar refractivity (Wildman–Crippen MR) is 146 cm³/mol. The second-order valence-corrected chi connectivity index (χ2v) is 9.78. The zero-order valence-corrected chi connectivity index (χ0v) is 22.7. The SMILES string of the molecule is COCCOc1cc2c(Nc3cc(OC)c(Cl)cc3Cl)c(C#N)cnc2cc1OCC1CCN(C)CC1. The normalized spacial score (nSPS) is 14.4. The zero-order valence-electron chi connectivity index (χ0n) is 21.1. The molecule has 0 unspecified atom stereocenters. The standard InChI is InChI=1S/C27H30Cl2N4O4/c1-33-6-4-17(5-7-33)16-37-26-12-22-19(10-25(26)36-9-8-34-2)27(18(14-30)15-31-22)32-23-13-24(35-3)21(29)11-20(23)28/h10-13,15,17H,4-9,16H2,1-3H3,(H,31,32). The lowest BCUT2D eigenvalue weighted by molar-refractivity contribution is 0.136. The molecule has 37 heavy (non-hydrogen) atoms. The van der Waals surface area contributed by atoms with Gasteiger partial charge < -0.3 is 29.2 Å². The molecule has 0 radical (unpaired) electrons. The molecule has 1 aromatic heterocycles.